The van der Waals surface area contributed by atoms with Crippen molar-refractivity contribution in [2.75, 3.05) is 0 Å². The van der Waals surface area contributed by atoms with Gasteiger partial charge in [-0.1, -0.05) is 0 Å². The van der Waals surface area contributed by atoms with Crippen molar-refractivity contribution in [3.05, 3.63) is 47.7 Å². The highest BCUT2D eigenvalue weighted by atomic mass is 19.1. The van der Waals surface area contributed by atoms with Crippen molar-refractivity contribution in [1.82, 2.24) is 19.6 Å². The molecule has 20 heavy (non-hydrogen) atoms. The number of halogens is 1. The van der Waals surface area contributed by atoms with Crippen LogP contribution in [0.25, 0.3) is 17.0 Å². The minimum absolute atomic E-state index is 0.0898. The number of carboxylic acids is 1. The standard InChI is InChI=1S/C13H9FN4O2/c1-7-15-10(13(19)20)6-11-16-17-12(18(7)11)8-2-4-9(14)5-3-8/h2-6H,1H3,(H,19,20). The Labute approximate surface area is 112 Å². The van der Waals surface area contributed by atoms with Gasteiger partial charge >= 0.3 is 5.97 Å². The lowest BCUT2D eigenvalue weighted by molar-refractivity contribution is 0.0690. The van der Waals surface area contributed by atoms with Crippen molar-refractivity contribution in [3.63, 3.8) is 0 Å². The number of carbonyl (C=O) groups is 1. The van der Waals surface area contributed by atoms with Crippen molar-refractivity contribution in [2.24, 2.45) is 0 Å². The van der Waals surface area contributed by atoms with Gasteiger partial charge in [-0.2, -0.15) is 0 Å². The first-order valence-electron chi connectivity index (χ1n) is 5.78. The van der Waals surface area contributed by atoms with E-state index in [-0.39, 0.29) is 11.5 Å². The normalized spacial score (nSPS) is 10.9. The van der Waals surface area contributed by atoms with Crippen molar-refractivity contribution in [3.8, 4) is 11.4 Å². The first-order valence-corrected chi connectivity index (χ1v) is 5.78. The molecule has 0 radical (unpaired) electrons. The van der Waals surface area contributed by atoms with E-state index in [0.29, 0.717) is 22.9 Å². The van der Waals surface area contributed by atoms with Crippen LogP contribution in [0, 0.1) is 12.7 Å². The monoisotopic (exact) mass is 272 g/mol. The first-order chi connectivity index (χ1) is 9.56. The summed E-state index contributed by atoms with van der Waals surface area (Å²) in [6.45, 7) is 1.66. The molecule has 0 aliphatic rings. The molecule has 6 nitrogen and oxygen atoms in total. The van der Waals surface area contributed by atoms with Crippen LogP contribution in [0.4, 0.5) is 4.39 Å². The Morgan fingerprint density at radius 1 is 1.25 bits per heavy atom. The summed E-state index contributed by atoms with van der Waals surface area (Å²) in [4.78, 5) is 14.9. The van der Waals surface area contributed by atoms with E-state index in [2.05, 4.69) is 15.2 Å². The Bertz CT molecular complexity index is 811. The van der Waals surface area contributed by atoms with Crippen LogP contribution < -0.4 is 0 Å². The molecule has 100 valence electrons. The number of aromatic nitrogens is 4. The second-order valence-electron chi connectivity index (χ2n) is 4.22. The second-order valence-corrected chi connectivity index (χ2v) is 4.22. The van der Waals surface area contributed by atoms with Gasteiger partial charge in [0.15, 0.2) is 17.2 Å². The van der Waals surface area contributed by atoms with Crippen LogP contribution in [0.2, 0.25) is 0 Å². The third-order valence-electron chi connectivity index (χ3n) is 2.88. The minimum Gasteiger partial charge on any atom is -0.477 e. The highest BCUT2D eigenvalue weighted by Crippen LogP contribution is 2.20. The van der Waals surface area contributed by atoms with Crippen LogP contribution >= 0.6 is 0 Å². The summed E-state index contributed by atoms with van der Waals surface area (Å²) in [7, 11) is 0. The Kier molecular flexibility index (Phi) is 2.67. The third-order valence-corrected chi connectivity index (χ3v) is 2.88. The largest absolute Gasteiger partial charge is 0.477 e. The number of fused-ring (bicyclic) bond motifs is 1. The fourth-order valence-corrected chi connectivity index (χ4v) is 1.98. The van der Waals surface area contributed by atoms with E-state index >= 15 is 0 Å². The highest BCUT2D eigenvalue weighted by Gasteiger charge is 2.14. The molecular formula is C13H9FN4O2. The van der Waals surface area contributed by atoms with Crippen LogP contribution in [-0.2, 0) is 0 Å². The third kappa shape index (κ3) is 1.89. The molecule has 0 aliphatic heterocycles. The van der Waals surface area contributed by atoms with Crippen LogP contribution in [0.5, 0.6) is 0 Å². The van der Waals surface area contributed by atoms with Crippen molar-refractivity contribution in [1.29, 1.82) is 0 Å². The highest BCUT2D eigenvalue weighted by molar-refractivity contribution is 5.86. The molecule has 1 N–H and O–H groups in total. The molecule has 3 aromatic rings. The Hall–Kier alpha value is -2.83. The molecule has 2 heterocycles. The lowest BCUT2D eigenvalue weighted by Crippen LogP contribution is -2.06. The van der Waals surface area contributed by atoms with Crippen molar-refractivity contribution in [2.45, 2.75) is 6.92 Å². The molecule has 0 atom stereocenters. The van der Waals surface area contributed by atoms with Gasteiger partial charge in [0, 0.05) is 11.6 Å². The average molecular weight is 272 g/mol. The minimum atomic E-state index is -1.12. The molecule has 0 saturated carbocycles. The maximum absolute atomic E-state index is 12.9. The zero-order valence-electron chi connectivity index (χ0n) is 10.4. The van der Waals surface area contributed by atoms with Crippen LogP contribution in [0.15, 0.2) is 30.3 Å². The number of rotatable bonds is 2. The van der Waals surface area contributed by atoms with Gasteiger partial charge in [0.2, 0.25) is 0 Å². The van der Waals surface area contributed by atoms with Crippen LogP contribution in [0.3, 0.4) is 0 Å². The lowest BCUT2D eigenvalue weighted by Gasteiger charge is -2.04. The van der Waals surface area contributed by atoms with E-state index in [0.717, 1.165) is 0 Å². The van der Waals surface area contributed by atoms with Gasteiger partial charge in [-0.25, -0.2) is 14.2 Å². The summed E-state index contributed by atoms with van der Waals surface area (Å²) in [5, 5.41) is 16.9. The number of aryl methyl sites for hydroxylation is 1. The summed E-state index contributed by atoms with van der Waals surface area (Å²) in [6, 6.07) is 7.15. The van der Waals surface area contributed by atoms with E-state index in [1.807, 2.05) is 0 Å². The number of benzene rings is 1. The smallest absolute Gasteiger partial charge is 0.354 e. The predicted octanol–water partition coefficient (Wildman–Crippen LogP) is 1.94. The van der Waals surface area contributed by atoms with Crippen molar-refractivity contribution >= 4 is 11.6 Å². The quantitative estimate of drug-likeness (QED) is 0.771. The number of nitrogens with zero attached hydrogens (tertiary/aromatic N) is 4. The molecule has 1 aromatic carbocycles. The first kappa shape index (κ1) is 12.2. The Morgan fingerprint density at radius 3 is 2.60 bits per heavy atom. The molecule has 7 heteroatoms. The molecular weight excluding hydrogens is 263 g/mol. The van der Waals surface area contributed by atoms with Gasteiger partial charge in [0.25, 0.3) is 0 Å². The molecule has 0 bridgehead atoms. The fraction of sp³-hybridized carbons (Fsp3) is 0.0769. The predicted molar refractivity (Wildman–Crippen MR) is 67.9 cm³/mol. The fourth-order valence-electron chi connectivity index (χ4n) is 1.98. The Balaban J connectivity index is 2.23. The summed E-state index contributed by atoms with van der Waals surface area (Å²) in [6.07, 6.45) is 0. The molecule has 0 spiro atoms. The summed E-state index contributed by atoms with van der Waals surface area (Å²) in [5.41, 5.74) is 0.967. The van der Waals surface area contributed by atoms with E-state index < -0.39 is 5.97 Å². The Morgan fingerprint density at radius 2 is 1.95 bits per heavy atom. The number of carboxylic acid groups (broad SMARTS) is 1. The van der Waals surface area contributed by atoms with Crippen LogP contribution in [-0.4, -0.2) is 30.7 Å². The van der Waals surface area contributed by atoms with Crippen LogP contribution in [0.1, 0.15) is 16.3 Å². The number of hydrogen-bond donors (Lipinski definition) is 1. The number of aromatic carboxylic acids is 1. The van der Waals surface area contributed by atoms with Gasteiger partial charge in [0.05, 0.1) is 0 Å². The van der Waals surface area contributed by atoms with Gasteiger partial charge in [-0.05, 0) is 31.2 Å². The van der Waals surface area contributed by atoms with Gasteiger partial charge in [-0.3, -0.25) is 4.40 Å². The SMILES string of the molecule is Cc1nc(C(=O)O)cc2nnc(-c3ccc(F)cc3)n12. The van der Waals surface area contributed by atoms with Gasteiger partial charge in [-0.15, -0.1) is 10.2 Å². The molecule has 0 fully saturated rings. The van der Waals surface area contributed by atoms with Crippen molar-refractivity contribution < 1.29 is 14.3 Å². The zero-order chi connectivity index (χ0) is 14.3. The summed E-state index contributed by atoms with van der Waals surface area (Å²) >= 11 is 0. The molecule has 2 aromatic heterocycles. The van der Waals surface area contributed by atoms with Gasteiger partial charge in [0.1, 0.15) is 11.6 Å². The topological polar surface area (TPSA) is 80.4 Å². The lowest BCUT2D eigenvalue weighted by atomic mass is 10.2. The molecule has 0 amide bonds. The molecule has 3 rings (SSSR count). The maximum atomic E-state index is 12.9. The number of hydrogen-bond acceptors (Lipinski definition) is 4. The maximum Gasteiger partial charge on any atom is 0.354 e. The molecule has 0 aliphatic carbocycles. The van der Waals surface area contributed by atoms with E-state index in [1.54, 1.807) is 23.5 Å². The van der Waals surface area contributed by atoms with E-state index in [9.17, 15) is 9.18 Å². The molecule has 0 unspecified atom stereocenters. The van der Waals surface area contributed by atoms with E-state index in [4.69, 9.17) is 5.11 Å². The molecule has 0 saturated heterocycles. The second kappa shape index (κ2) is 4.37. The average Bonchev–Trinajstić information content (AvgIpc) is 2.84. The summed E-state index contributed by atoms with van der Waals surface area (Å²) in [5.74, 6) is -0.529. The zero-order valence-corrected chi connectivity index (χ0v) is 10.4. The van der Waals surface area contributed by atoms with E-state index in [1.165, 1.54) is 18.2 Å². The van der Waals surface area contributed by atoms with Gasteiger partial charge < -0.3 is 5.11 Å². The summed E-state index contributed by atoms with van der Waals surface area (Å²) < 4.78 is 14.6.